The molecule has 0 spiro atoms. The van der Waals surface area contributed by atoms with Crippen LogP contribution < -0.4 is 15.4 Å². The summed E-state index contributed by atoms with van der Waals surface area (Å²) in [6.07, 6.45) is -3.88. The van der Waals surface area contributed by atoms with Gasteiger partial charge in [0.15, 0.2) is 5.78 Å². The summed E-state index contributed by atoms with van der Waals surface area (Å²) in [7, 11) is 0. The van der Waals surface area contributed by atoms with E-state index < -0.39 is 36.3 Å². The standard InChI is InChI=1S/C23H30F3N5O5/c1-2-35-22(34)28-6-3-14(4-7-28)17(32)12-31-18(23(24,25)26)5-8-29-20(33)10-19(27-21(29)31)30-11-16-9-15(30)13-36-16/h10,14-16,18H,2-9,11-13H2,1H3/t15?,16-,18?/m0/s1. The molecule has 2 bridgehead atoms. The number of amides is 1. The summed E-state index contributed by atoms with van der Waals surface area (Å²) in [6, 6.07) is -0.517. The van der Waals surface area contributed by atoms with Gasteiger partial charge in [0, 0.05) is 38.2 Å². The van der Waals surface area contributed by atoms with E-state index in [-0.39, 0.29) is 43.4 Å². The van der Waals surface area contributed by atoms with E-state index in [0.29, 0.717) is 44.9 Å². The van der Waals surface area contributed by atoms with E-state index in [9.17, 15) is 27.6 Å². The first-order chi connectivity index (χ1) is 17.2. The van der Waals surface area contributed by atoms with Gasteiger partial charge in [-0.3, -0.25) is 14.2 Å². The summed E-state index contributed by atoms with van der Waals surface area (Å²) in [4.78, 5) is 46.9. The molecule has 0 saturated carbocycles. The number of alkyl halides is 3. The van der Waals surface area contributed by atoms with Gasteiger partial charge in [-0.25, -0.2) is 4.79 Å². The Hall–Kier alpha value is -2.83. The number of aromatic nitrogens is 2. The number of carbonyl (C=O) groups is 2. The fraction of sp³-hybridized carbons (Fsp3) is 0.739. The number of rotatable bonds is 5. The molecule has 1 aromatic rings. The van der Waals surface area contributed by atoms with Crippen molar-refractivity contribution in [3.63, 3.8) is 0 Å². The lowest BCUT2D eigenvalue weighted by molar-refractivity contribution is -0.153. The van der Waals surface area contributed by atoms with Gasteiger partial charge < -0.3 is 24.2 Å². The Kier molecular flexibility index (Phi) is 6.60. The number of anilines is 2. The number of piperidine rings is 1. The van der Waals surface area contributed by atoms with Crippen LogP contribution in [0, 0.1) is 5.92 Å². The molecule has 1 aromatic heterocycles. The van der Waals surface area contributed by atoms with Gasteiger partial charge in [-0.2, -0.15) is 18.2 Å². The van der Waals surface area contributed by atoms with Gasteiger partial charge in [0.2, 0.25) is 5.95 Å². The van der Waals surface area contributed by atoms with Crippen LogP contribution >= 0.6 is 0 Å². The molecule has 4 aliphatic rings. The molecule has 0 aliphatic carbocycles. The maximum absolute atomic E-state index is 14.1. The van der Waals surface area contributed by atoms with Gasteiger partial charge in [-0.05, 0) is 32.6 Å². The van der Waals surface area contributed by atoms with Gasteiger partial charge in [0.1, 0.15) is 11.9 Å². The third kappa shape index (κ3) is 4.64. The molecule has 0 radical (unpaired) electrons. The third-order valence-electron chi connectivity index (χ3n) is 7.61. The molecule has 198 valence electrons. The number of Topliss-reactive ketones (excluding diaryl/α,β-unsaturated/α-hetero) is 1. The Bertz CT molecular complexity index is 1070. The van der Waals surface area contributed by atoms with Crippen LogP contribution in [0.5, 0.6) is 0 Å². The van der Waals surface area contributed by atoms with Crippen molar-refractivity contribution in [2.45, 2.75) is 63.5 Å². The number of fused-ring (bicyclic) bond motifs is 3. The van der Waals surface area contributed by atoms with Crippen molar-refractivity contribution in [2.75, 3.05) is 49.2 Å². The van der Waals surface area contributed by atoms with Crippen LogP contribution in [0.1, 0.15) is 32.6 Å². The predicted molar refractivity (Wildman–Crippen MR) is 122 cm³/mol. The predicted octanol–water partition coefficient (Wildman–Crippen LogP) is 1.80. The molecule has 36 heavy (non-hydrogen) atoms. The molecular weight excluding hydrogens is 483 g/mol. The maximum Gasteiger partial charge on any atom is 0.409 e. The number of ketones is 1. The highest BCUT2D eigenvalue weighted by molar-refractivity contribution is 5.86. The van der Waals surface area contributed by atoms with Crippen molar-refractivity contribution in [3.05, 3.63) is 16.4 Å². The van der Waals surface area contributed by atoms with Gasteiger partial charge in [0.25, 0.3) is 5.56 Å². The second kappa shape index (κ2) is 9.56. The Morgan fingerprint density at radius 2 is 1.94 bits per heavy atom. The van der Waals surface area contributed by atoms with E-state index in [4.69, 9.17) is 9.47 Å². The second-order valence-electron chi connectivity index (χ2n) is 9.80. The zero-order valence-corrected chi connectivity index (χ0v) is 20.1. The van der Waals surface area contributed by atoms with Gasteiger partial charge >= 0.3 is 12.3 Å². The van der Waals surface area contributed by atoms with Crippen LogP contribution in [0.2, 0.25) is 0 Å². The lowest BCUT2D eigenvalue weighted by Gasteiger charge is -2.40. The topological polar surface area (TPSA) is 97.2 Å². The number of hydrogen-bond acceptors (Lipinski definition) is 8. The van der Waals surface area contributed by atoms with E-state index in [0.717, 1.165) is 11.3 Å². The highest BCUT2D eigenvalue weighted by Crippen LogP contribution is 2.36. The molecule has 3 saturated heterocycles. The quantitative estimate of drug-likeness (QED) is 0.588. The zero-order chi connectivity index (χ0) is 25.6. The maximum atomic E-state index is 14.1. The van der Waals surface area contributed by atoms with Gasteiger partial charge in [-0.1, -0.05) is 0 Å². The molecule has 13 heteroatoms. The van der Waals surface area contributed by atoms with E-state index >= 15 is 0 Å². The van der Waals surface area contributed by atoms with Crippen LogP contribution in [0.15, 0.2) is 10.9 Å². The first-order valence-electron chi connectivity index (χ1n) is 12.4. The average Bonchev–Trinajstić information content (AvgIpc) is 3.48. The summed E-state index contributed by atoms with van der Waals surface area (Å²) in [5.41, 5.74) is -0.431. The molecule has 2 unspecified atom stereocenters. The normalized spacial score (nSPS) is 26.3. The largest absolute Gasteiger partial charge is 0.450 e. The molecule has 10 nitrogen and oxygen atoms in total. The molecule has 1 amide bonds. The summed E-state index contributed by atoms with van der Waals surface area (Å²) in [6.45, 7) is 2.94. The van der Waals surface area contributed by atoms with Gasteiger partial charge in [0.05, 0.1) is 31.9 Å². The lowest BCUT2D eigenvalue weighted by Crippen LogP contribution is -2.55. The Balaban J connectivity index is 1.38. The highest BCUT2D eigenvalue weighted by atomic mass is 19.4. The number of nitrogens with zero attached hydrogens (tertiary/aromatic N) is 5. The molecule has 3 fully saturated rings. The molecule has 0 aromatic carbocycles. The SMILES string of the molecule is CCOC(=O)N1CCC(C(=O)CN2c3nc(N4C[C@@H]5CC4CO5)cc(=O)n3CCC2C(F)(F)F)CC1. The monoisotopic (exact) mass is 513 g/mol. The van der Waals surface area contributed by atoms with Crippen LogP contribution in [0.25, 0.3) is 0 Å². The van der Waals surface area contributed by atoms with Crippen LogP contribution in [-0.2, 0) is 20.8 Å². The summed E-state index contributed by atoms with van der Waals surface area (Å²) >= 11 is 0. The molecule has 5 heterocycles. The number of carbonyl (C=O) groups excluding carboxylic acids is 2. The summed E-state index contributed by atoms with van der Waals surface area (Å²) in [5, 5.41) is 0. The Morgan fingerprint density at radius 1 is 1.19 bits per heavy atom. The minimum Gasteiger partial charge on any atom is -0.450 e. The first kappa shape index (κ1) is 24.8. The lowest BCUT2D eigenvalue weighted by atomic mass is 9.92. The van der Waals surface area contributed by atoms with Crippen molar-refractivity contribution in [1.82, 2.24) is 14.5 Å². The summed E-state index contributed by atoms with van der Waals surface area (Å²) in [5.74, 6) is -0.632. The third-order valence-corrected chi connectivity index (χ3v) is 7.61. The van der Waals surface area contributed by atoms with Crippen molar-refractivity contribution < 1.29 is 32.2 Å². The Morgan fingerprint density at radius 3 is 2.56 bits per heavy atom. The van der Waals surface area contributed by atoms with E-state index in [2.05, 4.69) is 4.98 Å². The summed E-state index contributed by atoms with van der Waals surface area (Å²) < 4.78 is 54.0. The van der Waals surface area contributed by atoms with Crippen molar-refractivity contribution in [1.29, 1.82) is 0 Å². The molecule has 4 aliphatic heterocycles. The molecule has 0 N–H and O–H groups in total. The number of morpholine rings is 1. The molecule has 3 atom stereocenters. The van der Waals surface area contributed by atoms with Crippen LogP contribution in [-0.4, -0.2) is 90.1 Å². The van der Waals surface area contributed by atoms with E-state index in [1.54, 1.807) is 6.92 Å². The smallest absolute Gasteiger partial charge is 0.409 e. The molecular formula is C23H30F3N5O5. The van der Waals surface area contributed by atoms with Crippen molar-refractivity contribution in [3.8, 4) is 0 Å². The van der Waals surface area contributed by atoms with Crippen LogP contribution in [0.3, 0.4) is 0 Å². The van der Waals surface area contributed by atoms with Crippen molar-refractivity contribution in [2.24, 2.45) is 5.92 Å². The van der Waals surface area contributed by atoms with Crippen molar-refractivity contribution >= 4 is 23.6 Å². The van der Waals surface area contributed by atoms with Gasteiger partial charge in [-0.15, -0.1) is 0 Å². The first-order valence-corrected chi connectivity index (χ1v) is 12.4. The van der Waals surface area contributed by atoms with E-state index in [1.165, 1.54) is 15.5 Å². The minimum absolute atomic E-state index is 0.0247. The zero-order valence-electron chi connectivity index (χ0n) is 20.1. The second-order valence-corrected chi connectivity index (χ2v) is 9.80. The number of halogens is 3. The van der Waals surface area contributed by atoms with E-state index in [1.807, 2.05) is 4.90 Å². The average molecular weight is 514 g/mol. The number of ether oxygens (including phenoxy) is 2. The fourth-order valence-corrected chi connectivity index (χ4v) is 5.70. The number of hydrogen-bond donors (Lipinski definition) is 0. The number of likely N-dealkylation sites (tertiary alicyclic amines) is 1. The Labute approximate surface area is 205 Å². The minimum atomic E-state index is -4.59. The molecule has 5 rings (SSSR count). The van der Waals surface area contributed by atoms with Crippen LogP contribution in [0.4, 0.5) is 29.7 Å². The highest BCUT2D eigenvalue weighted by Gasteiger charge is 2.48. The fourth-order valence-electron chi connectivity index (χ4n) is 5.70.